The van der Waals surface area contributed by atoms with Gasteiger partial charge < -0.3 is 4.74 Å². The van der Waals surface area contributed by atoms with E-state index in [2.05, 4.69) is 32.0 Å². The standard InChI is InChI=1S/C14H18O2S/c1-10-5-6-12(11(2)9-10)17-14(7-4-8-14)13(15)16-3/h5-6,9H,4,7-8H2,1-3H3. The van der Waals surface area contributed by atoms with Gasteiger partial charge in [-0.2, -0.15) is 0 Å². The smallest absolute Gasteiger partial charge is 0.322 e. The predicted molar refractivity (Wildman–Crippen MR) is 70.4 cm³/mol. The van der Waals surface area contributed by atoms with Crippen LogP contribution in [0.3, 0.4) is 0 Å². The molecule has 1 aromatic rings. The third kappa shape index (κ3) is 2.34. The molecule has 0 saturated heterocycles. The Kier molecular flexibility index (Phi) is 3.48. The molecule has 17 heavy (non-hydrogen) atoms. The molecule has 1 aromatic carbocycles. The highest BCUT2D eigenvalue weighted by molar-refractivity contribution is 8.01. The maximum Gasteiger partial charge on any atom is 0.322 e. The van der Waals surface area contributed by atoms with E-state index in [1.165, 1.54) is 23.1 Å². The molecule has 1 aliphatic carbocycles. The second-order valence-corrected chi connectivity index (χ2v) is 6.14. The van der Waals surface area contributed by atoms with Crippen molar-refractivity contribution in [3.05, 3.63) is 29.3 Å². The third-order valence-electron chi connectivity index (χ3n) is 3.35. The number of hydrogen-bond donors (Lipinski definition) is 0. The normalized spacial score (nSPS) is 17.4. The van der Waals surface area contributed by atoms with Crippen molar-refractivity contribution < 1.29 is 9.53 Å². The highest BCUT2D eigenvalue weighted by Gasteiger charge is 2.46. The van der Waals surface area contributed by atoms with Crippen LogP contribution in [-0.4, -0.2) is 17.8 Å². The van der Waals surface area contributed by atoms with Gasteiger partial charge in [0.1, 0.15) is 4.75 Å². The van der Waals surface area contributed by atoms with Gasteiger partial charge in [-0.15, -0.1) is 11.8 Å². The van der Waals surface area contributed by atoms with Gasteiger partial charge >= 0.3 is 5.97 Å². The summed E-state index contributed by atoms with van der Waals surface area (Å²) in [5.74, 6) is -0.0753. The molecule has 1 fully saturated rings. The van der Waals surface area contributed by atoms with Gasteiger partial charge in [0.05, 0.1) is 7.11 Å². The molecular formula is C14H18O2S. The predicted octanol–water partition coefficient (Wildman–Crippen LogP) is 3.49. The average molecular weight is 250 g/mol. The minimum atomic E-state index is -0.325. The molecule has 2 rings (SSSR count). The van der Waals surface area contributed by atoms with Gasteiger partial charge in [-0.1, -0.05) is 17.7 Å². The lowest BCUT2D eigenvalue weighted by atomic mass is 9.84. The first-order valence-electron chi connectivity index (χ1n) is 5.92. The van der Waals surface area contributed by atoms with Crippen molar-refractivity contribution in [3.63, 3.8) is 0 Å². The maximum absolute atomic E-state index is 11.9. The molecule has 0 aliphatic heterocycles. The highest BCUT2D eigenvalue weighted by Crippen LogP contribution is 2.49. The number of carbonyl (C=O) groups is 1. The molecule has 0 bridgehead atoms. The molecule has 3 heteroatoms. The molecule has 0 amide bonds. The van der Waals surface area contributed by atoms with E-state index in [9.17, 15) is 4.79 Å². The lowest BCUT2D eigenvalue weighted by molar-refractivity contribution is -0.145. The van der Waals surface area contributed by atoms with Gasteiger partial charge in [0, 0.05) is 4.90 Å². The van der Waals surface area contributed by atoms with Crippen LogP contribution in [0, 0.1) is 13.8 Å². The third-order valence-corrected chi connectivity index (χ3v) is 5.00. The molecule has 0 atom stereocenters. The fourth-order valence-electron chi connectivity index (χ4n) is 2.16. The largest absolute Gasteiger partial charge is 0.468 e. The minimum absolute atomic E-state index is 0.0753. The van der Waals surface area contributed by atoms with Crippen LogP contribution < -0.4 is 0 Å². The Morgan fingerprint density at radius 3 is 2.53 bits per heavy atom. The van der Waals surface area contributed by atoms with Crippen LogP contribution in [0.1, 0.15) is 30.4 Å². The number of hydrogen-bond acceptors (Lipinski definition) is 3. The van der Waals surface area contributed by atoms with Crippen molar-refractivity contribution in [2.75, 3.05) is 7.11 Å². The summed E-state index contributed by atoms with van der Waals surface area (Å²) in [5.41, 5.74) is 2.50. The van der Waals surface area contributed by atoms with Gasteiger partial charge in [-0.3, -0.25) is 4.79 Å². The number of carbonyl (C=O) groups excluding carboxylic acids is 1. The van der Waals surface area contributed by atoms with E-state index in [1.807, 2.05) is 0 Å². The van der Waals surface area contributed by atoms with E-state index in [0.29, 0.717) is 0 Å². The Morgan fingerprint density at radius 2 is 2.06 bits per heavy atom. The van der Waals surface area contributed by atoms with E-state index in [-0.39, 0.29) is 10.7 Å². The number of methoxy groups -OCH3 is 1. The fraction of sp³-hybridized carbons (Fsp3) is 0.500. The topological polar surface area (TPSA) is 26.3 Å². The molecular weight excluding hydrogens is 232 g/mol. The van der Waals surface area contributed by atoms with E-state index in [4.69, 9.17) is 4.74 Å². The summed E-state index contributed by atoms with van der Waals surface area (Å²) in [4.78, 5) is 13.1. The zero-order valence-electron chi connectivity index (χ0n) is 10.6. The Morgan fingerprint density at radius 1 is 1.35 bits per heavy atom. The Hall–Kier alpha value is -0.960. The second-order valence-electron chi connectivity index (χ2n) is 4.71. The van der Waals surface area contributed by atoms with Crippen LogP contribution in [0.15, 0.2) is 23.1 Å². The number of ether oxygens (including phenoxy) is 1. The molecule has 0 N–H and O–H groups in total. The summed E-state index contributed by atoms with van der Waals surface area (Å²) in [5, 5.41) is 0. The first-order valence-corrected chi connectivity index (χ1v) is 6.74. The fourth-order valence-corrected chi connectivity index (χ4v) is 3.59. The summed E-state index contributed by atoms with van der Waals surface area (Å²) in [7, 11) is 1.48. The van der Waals surface area contributed by atoms with Gasteiger partial charge in [0.2, 0.25) is 0 Å². The zero-order chi connectivity index (χ0) is 12.5. The first kappa shape index (κ1) is 12.5. The van der Waals surface area contributed by atoms with Crippen molar-refractivity contribution in [1.82, 2.24) is 0 Å². The van der Waals surface area contributed by atoms with E-state index >= 15 is 0 Å². The quantitative estimate of drug-likeness (QED) is 0.768. The number of benzene rings is 1. The Balaban J connectivity index is 2.21. The second kappa shape index (κ2) is 4.73. The molecule has 0 spiro atoms. The van der Waals surface area contributed by atoms with Gasteiger partial charge in [-0.25, -0.2) is 0 Å². The number of rotatable bonds is 3. The molecule has 0 unspecified atom stereocenters. The lowest BCUT2D eigenvalue weighted by Gasteiger charge is -2.38. The number of aryl methyl sites for hydroxylation is 2. The first-order chi connectivity index (χ1) is 8.07. The summed E-state index contributed by atoms with van der Waals surface area (Å²) in [6.45, 7) is 4.18. The average Bonchev–Trinajstić information content (AvgIpc) is 2.25. The number of thioether (sulfide) groups is 1. The molecule has 0 aromatic heterocycles. The van der Waals surface area contributed by atoms with E-state index < -0.39 is 0 Å². The van der Waals surface area contributed by atoms with Crippen LogP contribution in [-0.2, 0) is 9.53 Å². The van der Waals surface area contributed by atoms with Crippen molar-refractivity contribution in [2.45, 2.75) is 42.8 Å². The zero-order valence-corrected chi connectivity index (χ0v) is 11.4. The summed E-state index contributed by atoms with van der Waals surface area (Å²) < 4.78 is 4.61. The molecule has 1 aliphatic rings. The monoisotopic (exact) mass is 250 g/mol. The van der Waals surface area contributed by atoms with E-state index in [1.54, 1.807) is 11.8 Å². The van der Waals surface area contributed by atoms with Gasteiger partial charge in [0.25, 0.3) is 0 Å². The number of esters is 1. The maximum atomic E-state index is 11.9. The molecule has 2 nitrogen and oxygen atoms in total. The van der Waals surface area contributed by atoms with Crippen molar-refractivity contribution in [2.24, 2.45) is 0 Å². The van der Waals surface area contributed by atoms with Crippen LogP contribution in [0.5, 0.6) is 0 Å². The molecule has 0 heterocycles. The summed E-state index contributed by atoms with van der Waals surface area (Å²) in [6.07, 6.45) is 2.97. The lowest BCUT2D eigenvalue weighted by Crippen LogP contribution is -2.42. The van der Waals surface area contributed by atoms with Crippen molar-refractivity contribution in [3.8, 4) is 0 Å². The molecule has 1 saturated carbocycles. The minimum Gasteiger partial charge on any atom is -0.468 e. The highest BCUT2D eigenvalue weighted by atomic mass is 32.2. The molecule has 92 valence electrons. The van der Waals surface area contributed by atoms with Crippen molar-refractivity contribution in [1.29, 1.82) is 0 Å². The van der Waals surface area contributed by atoms with Gasteiger partial charge in [0.15, 0.2) is 0 Å². The van der Waals surface area contributed by atoms with Crippen LogP contribution in [0.2, 0.25) is 0 Å². The summed E-state index contributed by atoms with van der Waals surface area (Å²) >= 11 is 1.67. The SMILES string of the molecule is COC(=O)C1(Sc2ccc(C)cc2C)CCC1. The summed E-state index contributed by atoms with van der Waals surface area (Å²) in [6, 6.07) is 6.36. The van der Waals surface area contributed by atoms with Crippen LogP contribution in [0.4, 0.5) is 0 Å². The van der Waals surface area contributed by atoms with E-state index in [0.717, 1.165) is 19.3 Å². The Bertz CT molecular complexity index is 436. The van der Waals surface area contributed by atoms with Crippen LogP contribution in [0.25, 0.3) is 0 Å². The van der Waals surface area contributed by atoms with Crippen molar-refractivity contribution >= 4 is 17.7 Å². The Labute approximate surface area is 107 Å². The van der Waals surface area contributed by atoms with Crippen LogP contribution >= 0.6 is 11.8 Å². The molecule has 0 radical (unpaired) electrons. The van der Waals surface area contributed by atoms with Gasteiger partial charge in [-0.05, 0) is 44.7 Å².